The minimum absolute atomic E-state index is 1.14. The predicted molar refractivity (Wildman–Crippen MR) is 237 cm³/mol. The summed E-state index contributed by atoms with van der Waals surface area (Å²) in [5.74, 6) is 0. The molecule has 55 heavy (non-hydrogen) atoms. The van der Waals surface area contributed by atoms with Crippen molar-refractivity contribution in [2.45, 2.75) is 6.92 Å². The van der Waals surface area contributed by atoms with Crippen LogP contribution in [0.25, 0.3) is 105 Å². The molecule has 258 valence electrons. The highest BCUT2D eigenvalue weighted by molar-refractivity contribution is 6.28. The smallest absolute Gasteiger partial charge is 0.0625 e. The van der Waals surface area contributed by atoms with E-state index in [9.17, 15) is 0 Å². The third kappa shape index (κ3) is 4.68. The molecule has 2 aromatic heterocycles. The van der Waals surface area contributed by atoms with Gasteiger partial charge in [-0.3, -0.25) is 0 Å². The van der Waals surface area contributed by atoms with Crippen molar-refractivity contribution >= 4 is 82.0 Å². The van der Waals surface area contributed by atoms with Gasteiger partial charge in [-0.2, -0.15) is 0 Å². The summed E-state index contributed by atoms with van der Waals surface area (Å²) >= 11 is 0. The number of hydrogen-bond acceptors (Lipinski definition) is 0. The second-order valence-corrected chi connectivity index (χ2v) is 14.6. The highest BCUT2D eigenvalue weighted by Crippen LogP contribution is 2.44. The first-order valence-electron chi connectivity index (χ1n) is 19.0. The van der Waals surface area contributed by atoms with Crippen LogP contribution in [0, 0.1) is 6.92 Å². The summed E-state index contributed by atoms with van der Waals surface area (Å²) in [6, 6.07) is 62.4. The zero-order valence-electron chi connectivity index (χ0n) is 30.5. The Morgan fingerprint density at radius 1 is 0.436 bits per heavy atom. The summed E-state index contributed by atoms with van der Waals surface area (Å²) in [6.07, 6.45) is 6.17. The van der Waals surface area contributed by atoms with E-state index in [0.717, 1.165) is 5.69 Å². The lowest BCUT2D eigenvalue weighted by Gasteiger charge is -2.14. The topological polar surface area (TPSA) is 9.86 Å². The van der Waals surface area contributed by atoms with Crippen LogP contribution in [-0.2, 0) is 0 Å². The number of allylic oxidation sites excluding steroid dienone is 2. The Labute approximate surface area is 319 Å². The zero-order chi connectivity index (χ0) is 36.6. The predicted octanol–water partition coefficient (Wildman–Crippen LogP) is 14.5. The van der Waals surface area contributed by atoms with E-state index in [0.29, 0.717) is 0 Å². The fourth-order valence-electron chi connectivity index (χ4n) is 9.12. The first kappa shape index (κ1) is 31.4. The van der Waals surface area contributed by atoms with Crippen LogP contribution in [0.2, 0.25) is 0 Å². The molecule has 9 aromatic carbocycles. The molecular weight excluding hydrogens is 665 g/mol. The summed E-state index contributed by atoms with van der Waals surface area (Å²) in [5.41, 5.74) is 12.1. The van der Waals surface area contributed by atoms with Crippen molar-refractivity contribution in [3.05, 3.63) is 200 Å². The number of nitrogens with zero attached hydrogens (tertiary/aromatic N) is 2. The van der Waals surface area contributed by atoms with Crippen molar-refractivity contribution < 1.29 is 0 Å². The molecule has 2 heterocycles. The van der Waals surface area contributed by atoms with Gasteiger partial charge in [0, 0.05) is 38.3 Å². The van der Waals surface area contributed by atoms with E-state index in [1.165, 1.54) is 104 Å². The summed E-state index contributed by atoms with van der Waals surface area (Å²) in [4.78, 5) is 0. The maximum absolute atomic E-state index is 4.01. The molecule has 0 aliphatic rings. The highest BCUT2D eigenvalue weighted by Gasteiger charge is 2.22. The Morgan fingerprint density at radius 2 is 1.05 bits per heavy atom. The lowest BCUT2D eigenvalue weighted by Crippen LogP contribution is -1.96. The second kappa shape index (κ2) is 12.2. The van der Waals surface area contributed by atoms with E-state index in [1.54, 1.807) is 0 Å². The first-order valence-corrected chi connectivity index (χ1v) is 19.0. The van der Waals surface area contributed by atoms with Gasteiger partial charge >= 0.3 is 0 Å². The van der Waals surface area contributed by atoms with Crippen LogP contribution in [0.5, 0.6) is 0 Å². The summed E-state index contributed by atoms with van der Waals surface area (Å²) in [6.45, 7) is 6.26. The third-order valence-corrected chi connectivity index (χ3v) is 11.6. The number of hydrogen-bond donors (Lipinski definition) is 0. The molecule has 0 radical (unpaired) electrons. The Bertz CT molecular complexity index is 3390. The van der Waals surface area contributed by atoms with Crippen LogP contribution in [0.15, 0.2) is 189 Å². The number of para-hydroxylation sites is 1. The molecule has 0 spiro atoms. The molecule has 11 rings (SSSR count). The van der Waals surface area contributed by atoms with Crippen LogP contribution in [0.3, 0.4) is 0 Å². The molecule has 0 aliphatic carbocycles. The van der Waals surface area contributed by atoms with Crippen molar-refractivity contribution in [3.63, 3.8) is 0 Å². The van der Waals surface area contributed by atoms with E-state index < -0.39 is 0 Å². The van der Waals surface area contributed by atoms with Crippen molar-refractivity contribution in [2.24, 2.45) is 0 Å². The van der Waals surface area contributed by atoms with Crippen LogP contribution in [-0.4, -0.2) is 9.13 Å². The van der Waals surface area contributed by atoms with E-state index in [4.69, 9.17) is 0 Å². The number of aryl methyl sites for hydroxylation is 1. The fraction of sp³-hybridized carbons (Fsp3) is 0.0189. The van der Waals surface area contributed by atoms with Gasteiger partial charge in [-0.1, -0.05) is 146 Å². The average Bonchev–Trinajstić information content (AvgIpc) is 3.77. The van der Waals surface area contributed by atoms with Gasteiger partial charge in [-0.05, 0) is 105 Å². The summed E-state index contributed by atoms with van der Waals surface area (Å²) < 4.78 is 4.88. The van der Waals surface area contributed by atoms with E-state index in [1.807, 2.05) is 6.08 Å². The Hall–Kier alpha value is -7.16. The fourth-order valence-corrected chi connectivity index (χ4v) is 9.12. The van der Waals surface area contributed by atoms with Crippen LogP contribution in [0.4, 0.5) is 0 Å². The van der Waals surface area contributed by atoms with Gasteiger partial charge in [0.1, 0.15) is 0 Å². The van der Waals surface area contributed by atoms with Crippen molar-refractivity contribution in [1.82, 2.24) is 9.13 Å². The van der Waals surface area contributed by atoms with E-state index in [2.05, 4.69) is 205 Å². The number of benzene rings is 9. The standard InChI is InChI=1S/C53H36N2/c1-3-4-16-43-34(2)42-17-9-10-20-46(42)53-52(43)51-44-18-8-7-14-37(44)25-31-50(51)55(53)40-27-22-36(23-28-40)39-26-30-49-47(33-39)45-19-11-12-21-48(45)54(49)41-29-24-35-13-5-6-15-38(35)32-41/h3-33H,1H2,2H3/b16-4-. The second-order valence-electron chi connectivity index (χ2n) is 14.6. The van der Waals surface area contributed by atoms with Gasteiger partial charge in [-0.25, -0.2) is 0 Å². The Balaban J connectivity index is 1.11. The Kier molecular flexibility index (Phi) is 6.96. The Morgan fingerprint density at radius 3 is 1.87 bits per heavy atom. The summed E-state index contributed by atoms with van der Waals surface area (Å²) in [5, 5.41) is 12.6. The lowest BCUT2D eigenvalue weighted by molar-refractivity contribution is 1.18. The zero-order valence-corrected chi connectivity index (χ0v) is 30.5. The minimum atomic E-state index is 1.14. The normalized spacial score (nSPS) is 12.1. The molecule has 0 aliphatic heterocycles. The van der Waals surface area contributed by atoms with Crippen LogP contribution in [0.1, 0.15) is 11.1 Å². The largest absolute Gasteiger partial charge is 0.309 e. The SMILES string of the molecule is C=C/C=C\c1c(C)c2ccccc2c2c1c1c3ccccc3ccc1n2-c1ccc(-c2ccc3c(c2)c2ccccc2n3-c2ccc3ccccc3c2)cc1. The first-order chi connectivity index (χ1) is 27.2. The molecule has 0 atom stereocenters. The molecule has 2 heteroatoms. The van der Waals surface area contributed by atoms with Crippen LogP contribution < -0.4 is 0 Å². The third-order valence-electron chi connectivity index (χ3n) is 11.6. The maximum Gasteiger partial charge on any atom is 0.0625 e. The van der Waals surface area contributed by atoms with Gasteiger partial charge < -0.3 is 9.13 Å². The molecule has 11 aromatic rings. The maximum atomic E-state index is 4.01. The monoisotopic (exact) mass is 700 g/mol. The molecular formula is C53H36N2. The van der Waals surface area contributed by atoms with E-state index >= 15 is 0 Å². The molecule has 0 bridgehead atoms. The van der Waals surface area contributed by atoms with Crippen LogP contribution >= 0.6 is 0 Å². The van der Waals surface area contributed by atoms with Crippen molar-refractivity contribution in [2.75, 3.05) is 0 Å². The van der Waals surface area contributed by atoms with E-state index in [-0.39, 0.29) is 0 Å². The molecule has 0 unspecified atom stereocenters. The molecule has 0 fully saturated rings. The molecule has 2 nitrogen and oxygen atoms in total. The van der Waals surface area contributed by atoms with Gasteiger partial charge in [0.25, 0.3) is 0 Å². The van der Waals surface area contributed by atoms with Crippen molar-refractivity contribution in [3.8, 4) is 22.5 Å². The van der Waals surface area contributed by atoms with Gasteiger partial charge in [0.2, 0.25) is 0 Å². The number of fused-ring (bicyclic) bond motifs is 11. The van der Waals surface area contributed by atoms with Gasteiger partial charge in [0.05, 0.1) is 22.1 Å². The van der Waals surface area contributed by atoms with Gasteiger partial charge in [-0.15, -0.1) is 0 Å². The lowest BCUT2D eigenvalue weighted by atomic mass is 9.93. The van der Waals surface area contributed by atoms with Gasteiger partial charge in [0.15, 0.2) is 0 Å². The average molecular weight is 701 g/mol. The van der Waals surface area contributed by atoms with Crippen molar-refractivity contribution in [1.29, 1.82) is 0 Å². The summed E-state index contributed by atoms with van der Waals surface area (Å²) in [7, 11) is 0. The number of rotatable bonds is 5. The quantitative estimate of drug-likeness (QED) is 0.158. The molecule has 0 amide bonds. The molecule has 0 saturated carbocycles. The minimum Gasteiger partial charge on any atom is -0.309 e. The molecule has 0 N–H and O–H groups in total. The number of aromatic nitrogens is 2. The highest BCUT2D eigenvalue weighted by atomic mass is 15.0. The molecule has 0 saturated heterocycles.